The van der Waals surface area contributed by atoms with E-state index in [4.69, 9.17) is 24.4 Å². The molecule has 0 saturated carbocycles. The normalized spacial score (nSPS) is 13.0. The molecule has 2 aliphatic rings. The number of para-hydroxylation sites is 1. The van der Waals surface area contributed by atoms with Crippen LogP contribution in [0, 0.1) is 0 Å². The minimum absolute atomic E-state index is 0.490. The molecule has 8 aromatic carbocycles. The lowest BCUT2D eigenvalue weighted by Gasteiger charge is -2.34. The quantitative estimate of drug-likeness (QED) is 0.170. The molecule has 1 aromatic heterocycles. The van der Waals surface area contributed by atoms with Crippen LogP contribution in [0.15, 0.2) is 200 Å². The second kappa shape index (κ2) is 13.3. The maximum Gasteiger partial charge on any atom is 0.181 e. The van der Waals surface area contributed by atoms with E-state index in [-0.39, 0.29) is 0 Å². The van der Waals surface area contributed by atoms with Gasteiger partial charge in [-0.15, -0.1) is 0 Å². The van der Waals surface area contributed by atoms with Crippen molar-refractivity contribution in [3.63, 3.8) is 0 Å². The summed E-state index contributed by atoms with van der Waals surface area (Å²) in [5, 5.41) is 0. The first-order valence-electron chi connectivity index (χ1n) is 19.1. The molecule has 268 valence electrons. The minimum Gasteiger partial charge on any atom is -0.449 e. The zero-order valence-corrected chi connectivity index (χ0v) is 30.7. The van der Waals surface area contributed by atoms with Crippen molar-refractivity contribution in [3.05, 3.63) is 222 Å². The molecule has 5 heteroatoms. The fourth-order valence-electron chi connectivity index (χ4n) is 8.52. The Morgan fingerprint density at radius 1 is 0.316 bits per heavy atom. The Bertz CT molecular complexity index is 2910. The van der Waals surface area contributed by atoms with Gasteiger partial charge in [0.05, 0.1) is 11.0 Å². The summed E-state index contributed by atoms with van der Waals surface area (Å²) < 4.78 is 13.8. The van der Waals surface area contributed by atoms with E-state index >= 15 is 0 Å². The number of hydrogen-bond acceptors (Lipinski definition) is 5. The summed E-state index contributed by atoms with van der Waals surface area (Å²) in [6.07, 6.45) is 0. The summed E-state index contributed by atoms with van der Waals surface area (Å²) >= 11 is 0. The Hall–Kier alpha value is -7.63. The standard InChI is InChI=1S/C52H33N3O2/c1-5-17-34(18-6-1)36-21-15-22-37(31-36)50-53-49(35-19-7-2-8-20-35)54-51(55-50)41-28-16-30-45-48(41)57-47-33-44-42(32-46(47)56-45)40-27-13-14-29-43(40)52(44,38-23-9-3-10-24-38)39-25-11-4-12-26-39/h1-33H. The van der Waals surface area contributed by atoms with Gasteiger partial charge in [-0.25, -0.2) is 15.0 Å². The van der Waals surface area contributed by atoms with E-state index in [0.717, 1.165) is 33.4 Å². The zero-order valence-electron chi connectivity index (χ0n) is 30.7. The van der Waals surface area contributed by atoms with Crippen LogP contribution in [0.25, 0.3) is 56.4 Å². The molecular weight excluding hydrogens is 699 g/mol. The van der Waals surface area contributed by atoms with Crippen LogP contribution in [0.2, 0.25) is 0 Å². The van der Waals surface area contributed by atoms with E-state index in [0.29, 0.717) is 46.0 Å². The Morgan fingerprint density at radius 3 is 1.56 bits per heavy atom. The molecule has 0 atom stereocenters. The molecule has 57 heavy (non-hydrogen) atoms. The molecule has 1 aliphatic heterocycles. The van der Waals surface area contributed by atoms with Crippen LogP contribution in [0.4, 0.5) is 0 Å². The lowest BCUT2D eigenvalue weighted by molar-refractivity contribution is 0.360. The Labute approximate surface area is 330 Å². The van der Waals surface area contributed by atoms with Crippen LogP contribution in [0.3, 0.4) is 0 Å². The highest BCUT2D eigenvalue weighted by molar-refractivity contribution is 5.89. The second-order valence-corrected chi connectivity index (χ2v) is 14.3. The van der Waals surface area contributed by atoms with Crippen molar-refractivity contribution in [2.75, 3.05) is 0 Å². The molecule has 9 aromatic rings. The van der Waals surface area contributed by atoms with E-state index in [1.54, 1.807) is 0 Å². The summed E-state index contributed by atoms with van der Waals surface area (Å²) in [6.45, 7) is 0. The third kappa shape index (κ3) is 5.35. The van der Waals surface area contributed by atoms with Crippen LogP contribution >= 0.6 is 0 Å². The van der Waals surface area contributed by atoms with Gasteiger partial charge >= 0.3 is 0 Å². The summed E-state index contributed by atoms with van der Waals surface area (Å²) in [5.74, 6) is 4.07. The van der Waals surface area contributed by atoms with Gasteiger partial charge < -0.3 is 9.47 Å². The van der Waals surface area contributed by atoms with Crippen molar-refractivity contribution in [1.82, 2.24) is 15.0 Å². The van der Waals surface area contributed by atoms with Gasteiger partial charge in [-0.05, 0) is 74.8 Å². The van der Waals surface area contributed by atoms with E-state index in [9.17, 15) is 0 Å². The van der Waals surface area contributed by atoms with Gasteiger partial charge in [-0.2, -0.15) is 0 Å². The average Bonchev–Trinajstić information content (AvgIpc) is 3.58. The third-order valence-electron chi connectivity index (χ3n) is 11.1. The monoisotopic (exact) mass is 731 g/mol. The largest absolute Gasteiger partial charge is 0.449 e. The maximum absolute atomic E-state index is 6.99. The molecule has 0 unspecified atom stereocenters. The number of ether oxygens (including phenoxy) is 2. The first-order valence-corrected chi connectivity index (χ1v) is 19.1. The molecule has 0 radical (unpaired) electrons. The highest BCUT2D eigenvalue weighted by Crippen LogP contribution is 2.60. The Balaban J connectivity index is 1.07. The van der Waals surface area contributed by atoms with Gasteiger partial charge in [0.2, 0.25) is 0 Å². The molecule has 5 nitrogen and oxygen atoms in total. The minimum atomic E-state index is -0.575. The molecule has 0 saturated heterocycles. The first-order chi connectivity index (χ1) is 28.2. The lowest BCUT2D eigenvalue weighted by Crippen LogP contribution is -2.28. The van der Waals surface area contributed by atoms with Crippen molar-refractivity contribution in [3.8, 4) is 79.4 Å². The van der Waals surface area contributed by atoms with Crippen molar-refractivity contribution >= 4 is 0 Å². The zero-order chi connectivity index (χ0) is 37.8. The number of hydrogen-bond donors (Lipinski definition) is 0. The summed E-state index contributed by atoms with van der Waals surface area (Å²) in [7, 11) is 0. The number of fused-ring (bicyclic) bond motifs is 5. The van der Waals surface area contributed by atoms with Crippen LogP contribution in [0.1, 0.15) is 22.3 Å². The Kier molecular flexibility index (Phi) is 7.64. The smallest absolute Gasteiger partial charge is 0.181 e. The van der Waals surface area contributed by atoms with Crippen molar-refractivity contribution in [2.45, 2.75) is 5.41 Å². The third-order valence-corrected chi connectivity index (χ3v) is 11.1. The molecule has 2 heterocycles. The van der Waals surface area contributed by atoms with Gasteiger partial charge in [0.1, 0.15) is 0 Å². The highest BCUT2D eigenvalue weighted by Gasteiger charge is 2.47. The molecule has 0 bridgehead atoms. The average molecular weight is 732 g/mol. The molecule has 11 rings (SSSR count). The molecule has 1 aliphatic carbocycles. The fourth-order valence-corrected chi connectivity index (χ4v) is 8.52. The van der Waals surface area contributed by atoms with Crippen LogP contribution in [-0.2, 0) is 5.41 Å². The maximum atomic E-state index is 6.99. The van der Waals surface area contributed by atoms with Crippen molar-refractivity contribution < 1.29 is 9.47 Å². The van der Waals surface area contributed by atoms with E-state index in [1.165, 1.54) is 22.3 Å². The van der Waals surface area contributed by atoms with Gasteiger partial charge in [0.25, 0.3) is 0 Å². The summed E-state index contributed by atoms with van der Waals surface area (Å²) in [4.78, 5) is 15.2. The predicted octanol–water partition coefficient (Wildman–Crippen LogP) is 12.8. The van der Waals surface area contributed by atoms with Gasteiger partial charge in [-0.1, -0.05) is 170 Å². The van der Waals surface area contributed by atoms with Crippen LogP contribution in [-0.4, -0.2) is 15.0 Å². The molecular formula is C52H33N3O2. The topological polar surface area (TPSA) is 57.1 Å². The second-order valence-electron chi connectivity index (χ2n) is 14.3. The Morgan fingerprint density at radius 2 is 0.842 bits per heavy atom. The molecule has 0 N–H and O–H groups in total. The van der Waals surface area contributed by atoms with Crippen molar-refractivity contribution in [2.24, 2.45) is 0 Å². The number of benzene rings is 8. The molecule has 0 amide bonds. The van der Waals surface area contributed by atoms with Crippen molar-refractivity contribution in [1.29, 1.82) is 0 Å². The van der Waals surface area contributed by atoms with Gasteiger partial charge in [0.15, 0.2) is 40.5 Å². The number of nitrogens with zero attached hydrogens (tertiary/aromatic N) is 3. The van der Waals surface area contributed by atoms with Gasteiger partial charge in [0, 0.05) is 11.1 Å². The summed E-state index contributed by atoms with van der Waals surface area (Å²) in [5.41, 5.74) is 11.1. The first kappa shape index (κ1) is 32.8. The molecule has 0 fully saturated rings. The van der Waals surface area contributed by atoms with Crippen LogP contribution < -0.4 is 9.47 Å². The van der Waals surface area contributed by atoms with E-state index in [2.05, 4.69) is 121 Å². The van der Waals surface area contributed by atoms with E-state index < -0.39 is 5.41 Å². The number of rotatable bonds is 6. The highest BCUT2D eigenvalue weighted by atomic mass is 16.6. The van der Waals surface area contributed by atoms with E-state index in [1.807, 2.05) is 78.9 Å². The van der Waals surface area contributed by atoms with Gasteiger partial charge in [-0.3, -0.25) is 0 Å². The number of aromatic nitrogens is 3. The molecule has 0 spiro atoms. The van der Waals surface area contributed by atoms with Crippen LogP contribution in [0.5, 0.6) is 23.0 Å². The predicted molar refractivity (Wildman–Crippen MR) is 225 cm³/mol. The fraction of sp³-hybridized carbons (Fsp3) is 0.0192. The summed E-state index contributed by atoms with van der Waals surface area (Å²) in [6, 6.07) is 69.1. The SMILES string of the molecule is c1ccc(-c2cccc(-c3nc(-c4ccccc4)nc(-c4cccc5c4Oc4cc6c(cc4O5)-c4ccccc4C6(c4ccccc4)c4ccccc4)n3)c2)cc1. The lowest BCUT2D eigenvalue weighted by atomic mass is 9.67.